The predicted octanol–water partition coefficient (Wildman–Crippen LogP) is 1.66. The van der Waals surface area contributed by atoms with E-state index in [1.807, 2.05) is 20.8 Å². The zero-order valence-corrected chi connectivity index (χ0v) is 21.2. The maximum absolute atomic E-state index is 9.73. The van der Waals surface area contributed by atoms with Crippen molar-refractivity contribution < 1.29 is 82.8 Å². The first kappa shape index (κ1) is 34.3. The summed E-state index contributed by atoms with van der Waals surface area (Å²) in [5.41, 5.74) is 0. The Morgan fingerprint density at radius 1 is 0.600 bits per heavy atom. The third-order valence-corrected chi connectivity index (χ3v) is 3.47. The molecule has 0 aromatic rings. The summed E-state index contributed by atoms with van der Waals surface area (Å²) in [7, 11) is -8.72. The Balaban J connectivity index is -0.000000130. The van der Waals surface area contributed by atoms with Crippen molar-refractivity contribution in [2.75, 3.05) is 19.8 Å². The van der Waals surface area contributed by atoms with Gasteiger partial charge in [-0.15, -0.1) is 0 Å². The average Bonchev–Trinajstić information content (AvgIpc) is 2.48. The molecule has 0 fully saturated rings. The Hall–Kier alpha value is 1.80. The molecule has 3 atom stereocenters. The van der Waals surface area contributed by atoms with Crippen LogP contribution >= 0.6 is 24.8 Å². The van der Waals surface area contributed by atoms with Crippen LogP contribution in [0, 0.1) is 40.8 Å². The van der Waals surface area contributed by atoms with Crippen molar-refractivity contribution in [3.8, 4) is 0 Å². The second kappa shape index (κ2) is 30.5. The van der Waals surface area contributed by atoms with Crippen molar-refractivity contribution in [3.63, 3.8) is 0 Å². The molecule has 151 valence electrons. The van der Waals surface area contributed by atoms with Crippen molar-refractivity contribution in [1.82, 2.24) is 0 Å². The van der Waals surface area contributed by atoms with E-state index in [-0.39, 0.29) is 40.8 Å². The monoisotopic (exact) mass is 553 g/mol. The summed E-state index contributed by atoms with van der Waals surface area (Å²) in [6.07, 6.45) is 5.36. The van der Waals surface area contributed by atoms with E-state index in [2.05, 4.69) is 13.6 Å². The first-order chi connectivity index (χ1) is 11.3. The summed E-state index contributed by atoms with van der Waals surface area (Å²) in [4.78, 5) is 29.2. The van der Waals surface area contributed by atoms with Gasteiger partial charge >= 0.3 is 40.8 Å². The van der Waals surface area contributed by atoms with Crippen LogP contribution in [0.15, 0.2) is 0 Å². The molecule has 0 saturated heterocycles. The van der Waals surface area contributed by atoms with Crippen LogP contribution in [0.3, 0.4) is 0 Å². The third kappa shape index (κ3) is 51.8. The molecule has 0 aromatic carbocycles. The minimum atomic E-state index is -2.91. The molecule has 0 heterocycles. The molecule has 1 radical (unpaired) electrons. The first-order valence-corrected chi connectivity index (χ1v) is 11.5. The Morgan fingerprint density at radius 3 is 0.920 bits per heavy atom. The number of hydrogen-bond donors (Lipinski definition) is 0. The van der Waals surface area contributed by atoms with Crippen molar-refractivity contribution in [3.05, 3.63) is 0 Å². The average molecular weight is 556 g/mol. The van der Waals surface area contributed by atoms with Gasteiger partial charge in [-0.2, -0.15) is 0 Å². The van der Waals surface area contributed by atoms with E-state index in [9.17, 15) is 28.4 Å². The molecule has 0 spiro atoms. The smallest absolute Gasteiger partial charge is 0.781 e. The van der Waals surface area contributed by atoms with Crippen molar-refractivity contribution >= 4 is 24.8 Å². The molecule has 9 nitrogen and oxygen atoms in total. The van der Waals surface area contributed by atoms with Gasteiger partial charge in [-0.05, 0) is 19.3 Å². The third-order valence-electron chi connectivity index (χ3n) is 2.15. The van der Waals surface area contributed by atoms with Crippen LogP contribution in [-0.2, 0) is 27.3 Å². The van der Waals surface area contributed by atoms with Crippen molar-refractivity contribution in [2.24, 2.45) is 0 Å². The van der Waals surface area contributed by atoms with Crippen LogP contribution in [0.2, 0.25) is 0 Å². The Kier molecular flexibility index (Phi) is 41.9. The maximum Gasteiger partial charge on any atom is 3.00 e. The molecule has 0 rings (SSSR count). The zero-order valence-electron chi connectivity index (χ0n) is 15.0. The minimum absolute atomic E-state index is 0. The minimum Gasteiger partial charge on any atom is -0.781 e. The number of rotatable bonds is 12. The molecular formula is C12H30NdO9P3. The molecule has 3 unspecified atom stereocenters. The molecule has 0 saturated carbocycles. The van der Waals surface area contributed by atoms with Crippen LogP contribution in [0.25, 0.3) is 0 Å². The molecule has 0 aliphatic rings. The van der Waals surface area contributed by atoms with E-state index in [1.165, 1.54) is 0 Å². The standard InChI is InChI=1S/3C4H11O3P.Nd/c3*1-2-3-4-7-8(5)6;/h3*8H,2-4H2,1H3,(H,5,6);/q;;;+3/p-3. The quantitative estimate of drug-likeness (QED) is 0.259. The number of hydrogen-bond acceptors (Lipinski definition) is 9. The van der Waals surface area contributed by atoms with Crippen LogP contribution in [0.1, 0.15) is 59.3 Å². The van der Waals surface area contributed by atoms with Gasteiger partial charge in [-0.1, -0.05) is 40.0 Å². The Labute approximate surface area is 185 Å². The fourth-order valence-electron chi connectivity index (χ4n) is 0.900. The number of unbranched alkanes of at least 4 members (excludes halogenated alkanes) is 3. The van der Waals surface area contributed by atoms with Crippen LogP contribution in [0.5, 0.6) is 0 Å². The van der Waals surface area contributed by atoms with Gasteiger partial charge in [0, 0.05) is 0 Å². The van der Waals surface area contributed by atoms with Gasteiger partial charge in [0.05, 0.1) is 19.8 Å². The molecular weight excluding hydrogens is 525 g/mol. The predicted molar refractivity (Wildman–Crippen MR) is 89.6 cm³/mol. The largest absolute Gasteiger partial charge is 3.00 e. The van der Waals surface area contributed by atoms with Gasteiger partial charge in [0.25, 0.3) is 0 Å². The van der Waals surface area contributed by atoms with E-state index in [0.717, 1.165) is 38.5 Å². The fourth-order valence-corrected chi connectivity index (χ4v) is 1.83. The first-order valence-electron chi connectivity index (χ1n) is 7.82. The second-order valence-corrected chi connectivity index (χ2v) is 6.72. The Bertz CT molecular complexity index is 275. The topological polar surface area (TPSA) is 148 Å². The van der Waals surface area contributed by atoms with Gasteiger partial charge in [0.2, 0.25) is 0 Å². The van der Waals surface area contributed by atoms with E-state index in [4.69, 9.17) is 0 Å². The summed E-state index contributed by atoms with van der Waals surface area (Å²) in [6, 6.07) is 0. The van der Waals surface area contributed by atoms with Gasteiger partial charge in [-0.3, -0.25) is 0 Å². The molecule has 0 bridgehead atoms. The normalized spacial score (nSPS) is 13.2. The van der Waals surface area contributed by atoms with Crippen LogP contribution < -0.4 is 14.7 Å². The summed E-state index contributed by atoms with van der Waals surface area (Å²) in [5, 5.41) is 0. The summed E-state index contributed by atoms with van der Waals surface area (Å²) in [5.74, 6) is 0. The van der Waals surface area contributed by atoms with E-state index in [0.29, 0.717) is 19.8 Å². The molecule has 25 heavy (non-hydrogen) atoms. The molecule has 0 aromatic heterocycles. The molecule has 0 aliphatic carbocycles. The molecule has 0 N–H and O–H groups in total. The van der Waals surface area contributed by atoms with Crippen LogP contribution in [0.4, 0.5) is 0 Å². The maximum atomic E-state index is 9.73. The van der Waals surface area contributed by atoms with E-state index < -0.39 is 24.8 Å². The van der Waals surface area contributed by atoms with E-state index >= 15 is 0 Å². The molecule has 0 aliphatic heterocycles. The SMILES string of the molecule is CCCCO[PH](=O)[O-].CCCCO[PH](=O)[O-].CCCCO[PH](=O)[O-].[Nd+3]. The Morgan fingerprint density at radius 2 is 0.800 bits per heavy atom. The van der Waals surface area contributed by atoms with Gasteiger partial charge < -0.3 is 41.9 Å². The summed E-state index contributed by atoms with van der Waals surface area (Å²) in [6.45, 7) is 6.97. The van der Waals surface area contributed by atoms with Gasteiger partial charge in [-0.25, -0.2) is 0 Å². The van der Waals surface area contributed by atoms with Crippen molar-refractivity contribution in [2.45, 2.75) is 59.3 Å². The van der Waals surface area contributed by atoms with Gasteiger partial charge in [0.1, 0.15) is 24.8 Å². The summed E-state index contributed by atoms with van der Waals surface area (Å²) >= 11 is 0. The van der Waals surface area contributed by atoms with Crippen LogP contribution in [-0.4, -0.2) is 19.8 Å². The summed E-state index contributed by atoms with van der Waals surface area (Å²) < 4.78 is 42.0. The van der Waals surface area contributed by atoms with E-state index in [1.54, 1.807) is 0 Å². The molecule has 0 amide bonds. The second-order valence-electron chi connectivity index (χ2n) is 4.36. The molecule has 13 heteroatoms. The zero-order chi connectivity index (χ0) is 19.2. The van der Waals surface area contributed by atoms with Gasteiger partial charge in [0.15, 0.2) is 0 Å². The van der Waals surface area contributed by atoms with Crippen molar-refractivity contribution in [1.29, 1.82) is 0 Å². The fraction of sp³-hybridized carbons (Fsp3) is 1.00.